The van der Waals surface area contributed by atoms with Crippen molar-refractivity contribution in [3.8, 4) is 11.5 Å². The Morgan fingerprint density at radius 3 is 2.47 bits per heavy atom. The van der Waals surface area contributed by atoms with Crippen LogP contribution in [0.15, 0.2) is 64.9 Å². The smallest absolute Gasteiger partial charge is 0.343 e. The van der Waals surface area contributed by atoms with Crippen molar-refractivity contribution in [2.24, 2.45) is 4.99 Å². The molecule has 0 amide bonds. The number of ether oxygens (including phenoxy) is 3. The maximum atomic E-state index is 12.2. The highest BCUT2D eigenvalue weighted by molar-refractivity contribution is 6.10. The summed E-state index contributed by atoms with van der Waals surface area (Å²) in [5, 5.41) is 10.2. The van der Waals surface area contributed by atoms with Crippen LogP contribution in [0, 0.1) is 0 Å². The zero-order valence-electron chi connectivity index (χ0n) is 17.3. The number of esters is 2. The normalized spacial score (nSPS) is 11.7. The molecule has 0 aliphatic carbocycles. The topological polar surface area (TPSA) is 94.4 Å². The molecule has 158 valence electrons. The van der Waals surface area contributed by atoms with Crippen LogP contribution in [0.1, 0.15) is 37.0 Å². The lowest BCUT2D eigenvalue weighted by molar-refractivity contribution is -0.138. The van der Waals surface area contributed by atoms with Gasteiger partial charge in [0, 0.05) is 18.7 Å². The van der Waals surface area contributed by atoms with E-state index in [1.54, 1.807) is 43.3 Å². The van der Waals surface area contributed by atoms with Gasteiger partial charge >= 0.3 is 11.9 Å². The van der Waals surface area contributed by atoms with E-state index in [1.165, 1.54) is 19.4 Å². The predicted octanol–water partition coefficient (Wildman–Crippen LogP) is 4.79. The van der Waals surface area contributed by atoms with Crippen molar-refractivity contribution in [2.45, 2.75) is 26.7 Å². The van der Waals surface area contributed by atoms with Crippen molar-refractivity contribution in [3.63, 3.8) is 0 Å². The Morgan fingerprint density at radius 2 is 1.83 bits per heavy atom. The third kappa shape index (κ3) is 6.20. The molecule has 2 rings (SSSR count). The summed E-state index contributed by atoms with van der Waals surface area (Å²) >= 11 is 0. The van der Waals surface area contributed by atoms with Gasteiger partial charge in [-0.2, -0.15) is 0 Å². The fourth-order valence-electron chi connectivity index (χ4n) is 2.53. The van der Waals surface area contributed by atoms with Crippen molar-refractivity contribution in [1.82, 2.24) is 0 Å². The number of nitrogens with zero attached hydrogens (tertiary/aromatic N) is 1. The highest BCUT2D eigenvalue weighted by Gasteiger charge is 2.15. The van der Waals surface area contributed by atoms with Crippen LogP contribution < -0.4 is 9.47 Å². The van der Waals surface area contributed by atoms with Crippen molar-refractivity contribution in [1.29, 1.82) is 0 Å². The molecule has 0 bridgehead atoms. The van der Waals surface area contributed by atoms with Crippen LogP contribution in [-0.4, -0.2) is 37.0 Å². The molecule has 1 N–H and O–H groups in total. The van der Waals surface area contributed by atoms with Crippen LogP contribution in [0.5, 0.6) is 11.5 Å². The van der Waals surface area contributed by atoms with E-state index >= 15 is 0 Å². The van der Waals surface area contributed by atoms with Crippen molar-refractivity contribution >= 4 is 23.8 Å². The molecule has 30 heavy (non-hydrogen) atoms. The Balaban J connectivity index is 2.25. The van der Waals surface area contributed by atoms with Gasteiger partial charge in [-0.15, -0.1) is 0 Å². The van der Waals surface area contributed by atoms with Gasteiger partial charge in [0.15, 0.2) is 0 Å². The molecular weight excluding hydrogens is 386 g/mol. The number of hydrogen-bond acceptors (Lipinski definition) is 7. The summed E-state index contributed by atoms with van der Waals surface area (Å²) in [5.74, 6) is -0.616. The van der Waals surface area contributed by atoms with Crippen LogP contribution in [-0.2, 0) is 9.53 Å². The SMILES string of the molecule is CCCC(O)=C(C=Nc1ccc(OC(=O)c2ccccc2)cc1OC)C(=O)OCC. The van der Waals surface area contributed by atoms with Crippen LogP contribution in [0.4, 0.5) is 5.69 Å². The van der Waals surface area contributed by atoms with Crippen LogP contribution in [0.3, 0.4) is 0 Å². The highest BCUT2D eigenvalue weighted by atomic mass is 16.5. The van der Waals surface area contributed by atoms with Crippen LogP contribution in [0.25, 0.3) is 0 Å². The number of rotatable bonds is 9. The third-order valence-electron chi connectivity index (χ3n) is 4.00. The number of hydrogen-bond donors (Lipinski definition) is 1. The van der Waals surface area contributed by atoms with Gasteiger partial charge in [-0.05, 0) is 37.6 Å². The monoisotopic (exact) mass is 411 g/mol. The Morgan fingerprint density at radius 1 is 1.10 bits per heavy atom. The average molecular weight is 411 g/mol. The summed E-state index contributed by atoms with van der Waals surface area (Å²) in [4.78, 5) is 28.6. The molecule has 0 radical (unpaired) electrons. The molecule has 2 aromatic carbocycles. The molecule has 0 aromatic heterocycles. The first-order valence-electron chi connectivity index (χ1n) is 9.58. The largest absolute Gasteiger partial charge is 0.511 e. The first-order chi connectivity index (χ1) is 14.5. The molecule has 0 aliphatic rings. The molecule has 7 nitrogen and oxygen atoms in total. The summed E-state index contributed by atoms with van der Waals surface area (Å²) in [6.07, 6.45) is 2.23. The van der Waals surface area contributed by atoms with Gasteiger partial charge in [-0.25, -0.2) is 9.59 Å². The fraction of sp³-hybridized carbons (Fsp3) is 0.261. The van der Waals surface area contributed by atoms with Crippen LogP contribution >= 0.6 is 0 Å². The van der Waals surface area contributed by atoms with E-state index in [0.717, 1.165) is 0 Å². The van der Waals surface area contributed by atoms with E-state index in [4.69, 9.17) is 14.2 Å². The second kappa shape index (κ2) is 11.4. The standard InChI is InChI=1S/C23H25NO6/c1-4-9-20(25)18(23(27)29-5-2)15-24-19-13-12-17(14-21(19)28-3)30-22(26)16-10-7-6-8-11-16/h6-8,10-15,25H,4-5,9H2,1-3H3. The lowest BCUT2D eigenvalue weighted by Gasteiger charge is -2.09. The number of aliphatic imine (C=N–C) groups is 1. The van der Waals surface area contributed by atoms with Gasteiger partial charge in [0.1, 0.15) is 28.5 Å². The molecule has 2 aromatic rings. The molecule has 0 saturated carbocycles. The number of aliphatic hydroxyl groups is 1. The van der Waals surface area contributed by atoms with E-state index in [0.29, 0.717) is 29.8 Å². The van der Waals surface area contributed by atoms with Gasteiger partial charge in [0.2, 0.25) is 0 Å². The van der Waals surface area contributed by atoms with Crippen molar-refractivity contribution in [3.05, 3.63) is 65.4 Å². The van der Waals surface area contributed by atoms with E-state index in [-0.39, 0.29) is 23.7 Å². The van der Waals surface area contributed by atoms with Gasteiger partial charge in [-0.1, -0.05) is 25.1 Å². The first-order valence-corrected chi connectivity index (χ1v) is 9.58. The van der Waals surface area contributed by atoms with E-state index in [9.17, 15) is 14.7 Å². The number of carbonyl (C=O) groups is 2. The zero-order chi connectivity index (χ0) is 21.9. The van der Waals surface area contributed by atoms with Gasteiger partial charge in [0.05, 0.1) is 19.3 Å². The maximum Gasteiger partial charge on any atom is 0.343 e. The van der Waals surface area contributed by atoms with Crippen molar-refractivity contribution < 1.29 is 28.9 Å². The third-order valence-corrected chi connectivity index (χ3v) is 4.00. The summed E-state index contributed by atoms with van der Waals surface area (Å²) in [5.41, 5.74) is 0.803. The molecule has 7 heteroatoms. The summed E-state index contributed by atoms with van der Waals surface area (Å²) in [6.45, 7) is 3.75. The minimum Gasteiger partial charge on any atom is -0.511 e. The minimum absolute atomic E-state index is 0.0136. The average Bonchev–Trinajstić information content (AvgIpc) is 2.75. The Hall–Kier alpha value is -3.61. The fourth-order valence-corrected chi connectivity index (χ4v) is 2.53. The summed E-state index contributed by atoms with van der Waals surface area (Å²) < 4.78 is 15.7. The Kier molecular flexibility index (Phi) is 8.62. The molecule has 0 spiro atoms. The molecule has 0 aliphatic heterocycles. The lowest BCUT2D eigenvalue weighted by atomic mass is 10.1. The second-order valence-corrected chi connectivity index (χ2v) is 6.18. The first kappa shape index (κ1) is 22.7. The molecule has 0 atom stereocenters. The Labute approximate surface area is 175 Å². The predicted molar refractivity (Wildman–Crippen MR) is 114 cm³/mol. The van der Waals surface area contributed by atoms with Crippen LogP contribution in [0.2, 0.25) is 0 Å². The molecule has 0 unspecified atom stereocenters. The number of aliphatic hydroxyl groups excluding tert-OH is 1. The summed E-state index contributed by atoms with van der Waals surface area (Å²) in [6, 6.07) is 13.3. The van der Waals surface area contributed by atoms with Crippen molar-refractivity contribution in [2.75, 3.05) is 13.7 Å². The molecule has 0 saturated heterocycles. The second-order valence-electron chi connectivity index (χ2n) is 6.18. The van der Waals surface area contributed by atoms with E-state index < -0.39 is 11.9 Å². The van der Waals surface area contributed by atoms with Gasteiger partial charge in [0.25, 0.3) is 0 Å². The molecular formula is C23H25NO6. The zero-order valence-corrected chi connectivity index (χ0v) is 17.3. The van der Waals surface area contributed by atoms with Gasteiger partial charge < -0.3 is 19.3 Å². The Bertz CT molecular complexity index is 934. The molecule has 0 heterocycles. The van der Waals surface area contributed by atoms with Gasteiger partial charge in [-0.3, -0.25) is 4.99 Å². The lowest BCUT2D eigenvalue weighted by Crippen LogP contribution is -2.11. The summed E-state index contributed by atoms with van der Waals surface area (Å²) in [7, 11) is 1.45. The number of methoxy groups -OCH3 is 1. The maximum absolute atomic E-state index is 12.2. The minimum atomic E-state index is -0.653. The van der Waals surface area contributed by atoms with E-state index in [1.807, 2.05) is 13.0 Å². The number of allylic oxidation sites excluding steroid dienone is 1. The molecule has 0 fully saturated rings. The quantitative estimate of drug-likeness (QED) is 0.210. The number of benzene rings is 2. The number of carbonyl (C=O) groups excluding carboxylic acids is 2. The highest BCUT2D eigenvalue weighted by Crippen LogP contribution is 2.32. The van der Waals surface area contributed by atoms with E-state index in [2.05, 4.69) is 4.99 Å².